The van der Waals surface area contributed by atoms with Crippen LogP contribution in [0.4, 0.5) is 0 Å². The summed E-state index contributed by atoms with van der Waals surface area (Å²) in [6.07, 6.45) is 2.54. The van der Waals surface area contributed by atoms with Crippen LogP contribution in [0.25, 0.3) is 10.9 Å². The molecule has 2 amide bonds. The van der Waals surface area contributed by atoms with Crippen molar-refractivity contribution in [2.45, 2.75) is 44.2 Å². The number of benzene rings is 2. The minimum Gasteiger partial charge on any atom is -0.299 e. The van der Waals surface area contributed by atoms with Gasteiger partial charge in [-0.15, -0.1) is 0 Å². The normalized spacial score (nSPS) is 20.0. The van der Waals surface area contributed by atoms with E-state index in [4.69, 9.17) is 0 Å². The highest BCUT2D eigenvalue weighted by Crippen LogP contribution is 2.30. The van der Waals surface area contributed by atoms with Crippen LogP contribution in [0.5, 0.6) is 0 Å². The molecule has 2 fully saturated rings. The van der Waals surface area contributed by atoms with Gasteiger partial charge < -0.3 is 0 Å². The van der Waals surface area contributed by atoms with Crippen LogP contribution in [-0.4, -0.2) is 39.6 Å². The van der Waals surface area contributed by atoms with Crippen LogP contribution in [0.3, 0.4) is 0 Å². The molecule has 3 aromatic rings. The van der Waals surface area contributed by atoms with Gasteiger partial charge in [0.15, 0.2) is 0 Å². The number of rotatable bonds is 4. The van der Waals surface area contributed by atoms with Crippen molar-refractivity contribution in [2.75, 3.05) is 13.1 Å². The fourth-order valence-electron chi connectivity index (χ4n) is 4.99. The van der Waals surface area contributed by atoms with E-state index in [-0.39, 0.29) is 17.9 Å². The Labute approximate surface area is 190 Å². The number of likely N-dealkylation sites (tertiary alicyclic amines) is 1. The number of aromatic nitrogens is 2. The van der Waals surface area contributed by atoms with Crippen LogP contribution in [0.2, 0.25) is 0 Å². The van der Waals surface area contributed by atoms with Gasteiger partial charge in [0.1, 0.15) is 6.04 Å². The second-order valence-electron chi connectivity index (χ2n) is 8.88. The van der Waals surface area contributed by atoms with Crippen LogP contribution in [0.1, 0.15) is 54.3 Å². The summed E-state index contributed by atoms with van der Waals surface area (Å²) in [6, 6.07) is 15.2. The fourth-order valence-corrected chi connectivity index (χ4v) is 4.99. The smallest absolute Gasteiger partial charge is 0.275 e. The Hall–Kier alpha value is -3.70. The summed E-state index contributed by atoms with van der Waals surface area (Å²) >= 11 is 0. The third-order valence-electron chi connectivity index (χ3n) is 6.85. The van der Waals surface area contributed by atoms with Gasteiger partial charge in [-0.05, 0) is 67.6 Å². The molecule has 2 aromatic carbocycles. The maximum atomic E-state index is 12.8. The molecule has 2 saturated heterocycles. The number of fused-ring (bicyclic) bond motifs is 1. The molecule has 0 spiro atoms. The number of nitrogens with zero attached hydrogens (tertiary/aromatic N) is 3. The predicted octanol–water partition coefficient (Wildman–Crippen LogP) is 2.56. The average Bonchev–Trinajstić information content (AvgIpc) is 3.15. The zero-order valence-electron chi connectivity index (χ0n) is 18.2. The fraction of sp³-hybridized carbons (Fsp3) is 0.360. The molecule has 8 heteroatoms. The van der Waals surface area contributed by atoms with E-state index in [0.717, 1.165) is 43.6 Å². The first-order chi connectivity index (χ1) is 16.0. The standard InChI is InChI=1S/C25H25N5O3/c26-14-18-3-1-2-4-19(18)15-29-11-9-16(10-12-29)17-5-6-20-21(13-17)28-30(25(20)33)22-7-8-23(31)27-24(22)32/h1-6,13,16,22,28H,7-12,15H2,(H,27,31,32)/t22-/m0/s1. The molecule has 0 saturated carbocycles. The van der Waals surface area contributed by atoms with Crippen LogP contribution in [-0.2, 0) is 16.1 Å². The van der Waals surface area contributed by atoms with Crippen LogP contribution < -0.4 is 10.9 Å². The highest BCUT2D eigenvalue weighted by atomic mass is 16.2. The second-order valence-corrected chi connectivity index (χ2v) is 8.88. The first-order valence-electron chi connectivity index (χ1n) is 11.3. The second kappa shape index (κ2) is 8.68. The Morgan fingerprint density at radius 3 is 2.58 bits per heavy atom. The molecule has 2 aliphatic heterocycles. The van der Waals surface area contributed by atoms with Gasteiger partial charge in [-0.2, -0.15) is 5.26 Å². The molecule has 0 bridgehead atoms. The highest BCUT2D eigenvalue weighted by molar-refractivity contribution is 5.99. The number of nitrogens with one attached hydrogen (secondary N) is 2. The van der Waals surface area contributed by atoms with E-state index in [1.165, 1.54) is 10.2 Å². The van der Waals surface area contributed by atoms with Gasteiger partial charge in [-0.1, -0.05) is 24.3 Å². The number of piperidine rings is 2. The lowest BCUT2D eigenvalue weighted by Gasteiger charge is -2.32. The quantitative estimate of drug-likeness (QED) is 0.602. The number of aromatic amines is 1. The third-order valence-corrected chi connectivity index (χ3v) is 6.85. The molecule has 33 heavy (non-hydrogen) atoms. The Balaban J connectivity index is 1.30. The summed E-state index contributed by atoms with van der Waals surface area (Å²) in [5.74, 6) is -0.352. The van der Waals surface area contributed by atoms with Crippen molar-refractivity contribution in [3.63, 3.8) is 0 Å². The Morgan fingerprint density at radius 1 is 1.03 bits per heavy atom. The van der Waals surface area contributed by atoms with E-state index in [9.17, 15) is 19.6 Å². The average molecular weight is 444 g/mol. The van der Waals surface area contributed by atoms with Crippen molar-refractivity contribution in [3.8, 4) is 6.07 Å². The van der Waals surface area contributed by atoms with Gasteiger partial charge in [0.25, 0.3) is 11.5 Å². The summed E-state index contributed by atoms with van der Waals surface area (Å²) in [6.45, 7) is 2.66. The number of H-pyrrole nitrogens is 1. The zero-order valence-corrected chi connectivity index (χ0v) is 18.2. The van der Waals surface area contributed by atoms with Crippen LogP contribution >= 0.6 is 0 Å². The number of carbonyl (C=O) groups is 2. The van der Waals surface area contributed by atoms with Gasteiger partial charge >= 0.3 is 0 Å². The Kier molecular flexibility index (Phi) is 5.56. The highest BCUT2D eigenvalue weighted by Gasteiger charge is 2.30. The molecule has 0 aliphatic carbocycles. The lowest BCUT2D eigenvalue weighted by Crippen LogP contribution is -2.44. The van der Waals surface area contributed by atoms with Crippen molar-refractivity contribution in [1.29, 1.82) is 5.26 Å². The molecule has 1 aromatic heterocycles. The first-order valence-corrected chi connectivity index (χ1v) is 11.3. The van der Waals surface area contributed by atoms with E-state index >= 15 is 0 Å². The maximum absolute atomic E-state index is 12.8. The lowest BCUT2D eigenvalue weighted by molar-refractivity contribution is -0.136. The van der Waals surface area contributed by atoms with Crippen molar-refractivity contribution >= 4 is 22.7 Å². The molecule has 0 radical (unpaired) electrons. The van der Waals surface area contributed by atoms with Crippen molar-refractivity contribution < 1.29 is 9.59 Å². The molecule has 2 aliphatic rings. The molecule has 5 rings (SSSR count). The summed E-state index contributed by atoms with van der Waals surface area (Å²) in [7, 11) is 0. The first kappa shape index (κ1) is 21.2. The molecule has 3 heterocycles. The van der Waals surface area contributed by atoms with Crippen LogP contribution in [0.15, 0.2) is 47.3 Å². The third kappa shape index (κ3) is 4.08. The van der Waals surface area contributed by atoms with Gasteiger partial charge in [-0.25, -0.2) is 4.68 Å². The molecule has 1 atom stereocenters. The summed E-state index contributed by atoms with van der Waals surface area (Å²) in [4.78, 5) is 38.9. The van der Waals surface area contributed by atoms with E-state index in [1.807, 2.05) is 42.5 Å². The van der Waals surface area contributed by atoms with E-state index in [1.54, 1.807) is 0 Å². The topological polar surface area (TPSA) is 111 Å². The number of hydrogen-bond acceptors (Lipinski definition) is 5. The SMILES string of the molecule is N#Cc1ccccc1CN1CCC(c2ccc3c(=O)n([C@H]4CCC(=O)NC4=O)[nH]c3c2)CC1. The van der Waals surface area contributed by atoms with E-state index in [0.29, 0.717) is 23.2 Å². The minimum atomic E-state index is -0.689. The monoisotopic (exact) mass is 443 g/mol. The Morgan fingerprint density at radius 2 is 1.82 bits per heavy atom. The predicted molar refractivity (Wildman–Crippen MR) is 122 cm³/mol. The van der Waals surface area contributed by atoms with Gasteiger partial charge in [0, 0.05) is 13.0 Å². The van der Waals surface area contributed by atoms with E-state index in [2.05, 4.69) is 21.4 Å². The van der Waals surface area contributed by atoms with Crippen molar-refractivity contribution in [2.24, 2.45) is 0 Å². The molecule has 0 unspecified atom stereocenters. The van der Waals surface area contributed by atoms with Gasteiger partial charge in [0.05, 0.1) is 22.5 Å². The lowest BCUT2D eigenvalue weighted by atomic mass is 9.89. The number of hydrogen-bond donors (Lipinski definition) is 2. The molecule has 8 nitrogen and oxygen atoms in total. The maximum Gasteiger partial charge on any atom is 0.275 e. The summed E-state index contributed by atoms with van der Waals surface area (Å²) < 4.78 is 1.35. The largest absolute Gasteiger partial charge is 0.299 e. The zero-order chi connectivity index (χ0) is 22.9. The summed E-state index contributed by atoms with van der Waals surface area (Å²) in [5.41, 5.74) is 3.45. The number of carbonyl (C=O) groups excluding carboxylic acids is 2. The minimum absolute atomic E-state index is 0.223. The van der Waals surface area contributed by atoms with Gasteiger partial charge in [-0.3, -0.25) is 29.7 Å². The van der Waals surface area contributed by atoms with Crippen molar-refractivity contribution in [1.82, 2.24) is 20.0 Å². The van der Waals surface area contributed by atoms with Crippen LogP contribution in [0, 0.1) is 11.3 Å². The van der Waals surface area contributed by atoms with Gasteiger partial charge in [0.2, 0.25) is 5.91 Å². The number of nitriles is 1. The van der Waals surface area contributed by atoms with E-state index < -0.39 is 11.9 Å². The Bertz CT molecular complexity index is 1320. The molecule has 168 valence electrons. The summed E-state index contributed by atoms with van der Waals surface area (Å²) in [5, 5.41) is 15.3. The van der Waals surface area contributed by atoms with Crippen molar-refractivity contribution in [3.05, 3.63) is 69.5 Å². The number of imide groups is 1. The molecular weight excluding hydrogens is 418 g/mol. The number of amides is 2. The molecule has 2 N–H and O–H groups in total. The molecular formula is C25H25N5O3.